The van der Waals surface area contributed by atoms with E-state index in [1.807, 2.05) is 24.0 Å². The highest BCUT2D eigenvalue weighted by Crippen LogP contribution is 2.31. The van der Waals surface area contributed by atoms with Crippen LogP contribution in [0.1, 0.15) is 30.0 Å². The third-order valence-corrected chi connectivity index (χ3v) is 5.70. The molecule has 138 valence electrons. The fraction of sp³-hybridized carbons (Fsp3) is 0.250. The molecule has 0 saturated carbocycles. The van der Waals surface area contributed by atoms with E-state index >= 15 is 0 Å². The van der Waals surface area contributed by atoms with Gasteiger partial charge in [0.25, 0.3) is 5.24 Å². The zero-order valence-corrected chi connectivity index (χ0v) is 15.6. The van der Waals surface area contributed by atoms with Crippen molar-refractivity contribution >= 4 is 34.2 Å². The summed E-state index contributed by atoms with van der Waals surface area (Å²) in [5, 5.41) is 12.6. The quantitative estimate of drug-likeness (QED) is 0.605. The summed E-state index contributed by atoms with van der Waals surface area (Å²) in [6, 6.07) is 12.1. The normalized spacial score (nSPS) is 19.2. The zero-order chi connectivity index (χ0) is 19.0. The molecule has 2 aromatic carbocycles. The Morgan fingerprint density at radius 2 is 2.07 bits per heavy atom. The van der Waals surface area contributed by atoms with Gasteiger partial charge in [-0.3, -0.25) is 10.2 Å². The standard InChI is InChI=1S/C20H19FN4OS/c1-12-18(23-24-20(26)27-12)15-6-9-17-14(11-15)3-2-10-25(17)19(22)13-4-7-16(21)8-5-13/h4-9,11-12,22H,2-3,10H2,1H3,(H,24,26). The van der Waals surface area contributed by atoms with Gasteiger partial charge in [0.05, 0.1) is 11.0 Å². The zero-order valence-electron chi connectivity index (χ0n) is 14.8. The van der Waals surface area contributed by atoms with E-state index in [9.17, 15) is 9.18 Å². The van der Waals surface area contributed by atoms with Gasteiger partial charge in [0.15, 0.2) is 0 Å². The van der Waals surface area contributed by atoms with E-state index in [2.05, 4.69) is 16.6 Å². The average molecular weight is 382 g/mol. The van der Waals surface area contributed by atoms with Gasteiger partial charge in [-0.15, -0.1) is 0 Å². The molecule has 1 amide bonds. The van der Waals surface area contributed by atoms with Gasteiger partial charge in [0, 0.05) is 17.8 Å². The molecule has 0 bridgehead atoms. The molecule has 5 nitrogen and oxygen atoms in total. The summed E-state index contributed by atoms with van der Waals surface area (Å²) in [6.07, 6.45) is 1.87. The first-order valence-corrected chi connectivity index (χ1v) is 9.70. The highest BCUT2D eigenvalue weighted by molar-refractivity contribution is 8.14. The molecule has 0 saturated heterocycles. The predicted octanol–water partition coefficient (Wildman–Crippen LogP) is 4.15. The fourth-order valence-corrected chi connectivity index (χ4v) is 4.21. The number of carbonyl (C=O) groups excluding carboxylic acids is 1. The van der Waals surface area contributed by atoms with E-state index in [1.54, 1.807) is 12.1 Å². The number of amides is 1. The van der Waals surface area contributed by atoms with Crippen LogP contribution in [0.4, 0.5) is 14.9 Å². The molecular weight excluding hydrogens is 363 g/mol. The van der Waals surface area contributed by atoms with E-state index in [0.29, 0.717) is 11.4 Å². The Hall–Kier alpha value is -2.67. The van der Waals surface area contributed by atoms with Crippen molar-refractivity contribution in [3.63, 3.8) is 0 Å². The largest absolute Gasteiger partial charge is 0.326 e. The van der Waals surface area contributed by atoms with Crippen LogP contribution in [0.2, 0.25) is 0 Å². The maximum atomic E-state index is 13.2. The lowest BCUT2D eigenvalue weighted by molar-refractivity contribution is 0.261. The first kappa shape index (κ1) is 17.7. The van der Waals surface area contributed by atoms with Gasteiger partial charge in [-0.1, -0.05) is 17.8 Å². The van der Waals surface area contributed by atoms with Crippen molar-refractivity contribution in [1.82, 2.24) is 5.43 Å². The van der Waals surface area contributed by atoms with Crippen LogP contribution in [0, 0.1) is 11.2 Å². The fourth-order valence-electron chi connectivity index (χ4n) is 3.49. The maximum Gasteiger partial charge on any atom is 0.299 e. The molecule has 2 aliphatic rings. The molecule has 7 heteroatoms. The summed E-state index contributed by atoms with van der Waals surface area (Å²) in [5.74, 6) is 0.0671. The molecule has 0 aliphatic carbocycles. The Morgan fingerprint density at radius 3 is 2.81 bits per heavy atom. The predicted molar refractivity (Wildman–Crippen MR) is 107 cm³/mol. The summed E-state index contributed by atoms with van der Waals surface area (Å²) in [4.78, 5) is 13.4. The number of nitrogens with one attached hydrogen (secondary N) is 2. The second-order valence-corrected chi connectivity index (χ2v) is 7.92. The van der Waals surface area contributed by atoms with Crippen LogP contribution in [-0.2, 0) is 6.42 Å². The topological polar surface area (TPSA) is 68.6 Å². The molecule has 2 heterocycles. The number of hydrazone groups is 1. The summed E-state index contributed by atoms with van der Waals surface area (Å²) in [6.45, 7) is 2.73. The van der Waals surface area contributed by atoms with Crippen molar-refractivity contribution in [3.05, 3.63) is 65.0 Å². The molecule has 0 aromatic heterocycles. The number of fused-ring (bicyclic) bond motifs is 1. The van der Waals surface area contributed by atoms with Crippen LogP contribution in [0.3, 0.4) is 0 Å². The number of rotatable bonds is 2. The summed E-state index contributed by atoms with van der Waals surface area (Å²) in [7, 11) is 0. The Kier molecular flexibility index (Phi) is 4.70. The van der Waals surface area contributed by atoms with Crippen molar-refractivity contribution in [2.24, 2.45) is 5.10 Å². The van der Waals surface area contributed by atoms with E-state index in [0.717, 1.165) is 41.9 Å². The molecule has 2 aliphatic heterocycles. The number of aryl methyl sites for hydroxylation is 1. The minimum Gasteiger partial charge on any atom is -0.326 e. The number of amidine groups is 1. The smallest absolute Gasteiger partial charge is 0.299 e. The number of nitrogens with zero attached hydrogens (tertiary/aromatic N) is 2. The van der Waals surface area contributed by atoms with Crippen molar-refractivity contribution in [1.29, 1.82) is 5.41 Å². The molecule has 0 fully saturated rings. The Labute approximate surface area is 161 Å². The molecule has 1 unspecified atom stereocenters. The minimum absolute atomic E-state index is 0.00555. The highest BCUT2D eigenvalue weighted by atomic mass is 32.2. The number of hydrogen-bond acceptors (Lipinski definition) is 4. The Morgan fingerprint density at radius 1 is 1.30 bits per heavy atom. The summed E-state index contributed by atoms with van der Waals surface area (Å²) >= 11 is 1.23. The lowest BCUT2D eigenvalue weighted by Crippen LogP contribution is -2.36. The number of carbonyl (C=O) groups is 1. The van der Waals surface area contributed by atoms with Crippen LogP contribution in [-0.4, -0.2) is 28.6 Å². The molecule has 0 spiro atoms. The van der Waals surface area contributed by atoms with Crippen LogP contribution in [0.25, 0.3) is 0 Å². The SMILES string of the molecule is CC1SC(=O)NN=C1c1ccc2c(c1)CCCN2C(=N)c1ccc(F)cc1. The van der Waals surface area contributed by atoms with Crippen LogP contribution >= 0.6 is 11.8 Å². The number of thioether (sulfide) groups is 1. The van der Waals surface area contributed by atoms with Gasteiger partial charge in [-0.2, -0.15) is 5.10 Å². The van der Waals surface area contributed by atoms with Crippen LogP contribution in [0.15, 0.2) is 47.6 Å². The number of anilines is 1. The summed E-state index contributed by atoms with van der Waals surface area (Å²) in [5.41, 5.74) is 7.22. The molecule has 1 atom stereocenters. The lowest BCUT2D eigenvalue weighted by Gasteiger charge is -2.32. The molecule has 27 heavy (non-hydrogen) atoms. The van der Waals surface area contributed by atoms with Gasteiger partial charge in [-0.05, 0) is 67.3 Å². The number of halogens is 1. The van der Waals surface area contributed by atoms with Gasteiger partial charge >= 0.3 is 0 Å². The first-order valence-electron chi connectivity index (χ1n) is 8.82. The van der Waals surface area contributed by atoms with Crippen LogP contribution < -0.4 is 10.3 Å². The minimum atomic E-state index is -0.303. The summed E-state index contributed by atoms with van der Waals surface area (Å²) < 4.78 is 13.2. The molecule has 2 N–H and O–H groups in total. The van der Waals surface area contributed by atoms with Crippen molar-refractivity contribution in [3.8, 4) is 0 Å². The van der Waals surface area contributed by atoms with Crippen LogP contribution in [0.5, 0.6) is 0 Å². The second-order valence-electron chi connectivity index (χ2n) is 6.61. The molecule has 4 rings (SSSR count). The lowest BCUT2D eigenvalue weighted by atomic mass is 9.96. The number of benzene rings is 2. The van der Waals surface area contributed by atoms with Crippen molar-refractivity contribution < 1.29 is 9.18 Å². The molecular formula is C20H19FN4OS. The number of hydrogen-bond donors (Lipinski definition) is 2. The van der Waals surface area contributed by atoms with Crippen molar-refractivity contribution in [2.45, 2.75) is 25.0 Å². The average Bonchev–Trinajstić information content (AvgIpc) is 2.67. The van der Waals surface area contributed by atoms with E-state index in [4.69, 9.17) is 5.41 Å². The van der Waals surface area contributed by atoms with Crippen molar-refractivity contribution in [2.75, 3.05) is 11.4 Å². The van der Waals surface area contributed by atoms with Gasteiger partial charge in [0.2, 0.25) is 0 Å². The Bertz CT molecular complexity index is 941. The molecule has 0 radical (unpaired) electrons. The van der Waals surface area contributed by atoms with Gasteiger partial charge in [0.1, 0.15) is 11.7 Å². The first-order chi connectivity index (χ1) is 13.0. The Balaban J connectivity index is 1.65. The third kappa shape index (κ3) is 3.47. The molecule has 2 aromatic rings. The van der Waals surface area contributed by atoms with Gasteiger partial charge in [-0.25, -0.2) is 9.82 Å². The van der Waals surface area contributed by atoms with E-state index in [-0.39, 0.29) is 16.3 Å². The third-order valence-electron chi connectivity index (χ3n) is 4.82. The van der Waals surface area contributed by atoms with E-state index in [1.165, 1.54) is 23.9 Å². The van der Waals surface area contributed by atoms with Gasteiger partial charge < -0.3 is 4.90 Å². The monoisotopic (exact) mass is 382 g/mol. The maximum absolute atomic E-state index is 13.2. The van der Waals surface area contributed by atoms with E-state index < -0.39 is 0 Å². The second kappa shape index (κ2) is 7.15. The highest BCUT2D eigenvalue weighted by Gasteiger charge is 2.25.